The number of ketones is 1. The fourth-order valence-corrected chi connectivity index (χ4v) is 2.42. The molecule has 3 rings (SSSR count). The summed E-state index contributed by atoms with van der Waals surface area (Å²) in [7, 11) is 0. The predicted molar refractivity (Wildman–Crippen MR) is 72.8 cm³/mol. The SMILES string of the molecule is O=C1CC(c2ccccc2)([N+](=O)[O-])Oc2ccc(O)cc21. The molecule has 0 aromatic heterocycles. The van der Waals surface area contributed by atoms with Crippen molar-refractivity contribution in [1.29, 1.82) is 0 Å². The summed E-state index contributed by atoms with van der Waals surface area (Å²) in [6.07, 6.45) is -0.416. The summed E-state index contributed by atoms with van der Waals surface area (Å²) in [5, 5.41) is 21.0. The van der Waals surface area contributed by atoms with E-state index in [-0.39, 0.29) is 17.1 Å². The van der Waals surface area contributed by atoms with E-state index in [1.54, 1.807) is 30.3 Å². The minimum atomic E-state index is -1.93. The summed E-state index contributed by atoms with van der Waals surface area (Å²) >= 11 is 0. The van der Waals surface area contributed by atoms with E-state index in [9.17, 15) is 20.0 Å². The van der Waals surface area contributed by atoms with E-state index in [2.05, 4.69) is 0 Å². The first kappa shape index (κ1) is 13.1. The molecule has 21 heavy (non-hydrogen) atoms. The number of nitro groups is 1. The summed E-state index contributed by atoms with van der Waals surface area (Å²) in [6, 6.07) is 12.1. The molecule has 6 nitrogen and oxygen atoms in total. The third-order valence-corrected chi connectivity index (χ3v) is 3.46. The van der Waals surface area contributed by atoms with Crippen LogP contribution in [0.4, 0.5) is 0 Å². The number of aromatic hydroxyl groups is 1. The van der Waals surface area contributed by atoms with Crippen LogP contribution in [-0.2, 0) is 5.72 Å². The van der Waals surface area contributed by atoms with Crippen molar-refractivity contribution in [3.63, 3.8) is 0 Å². The molecular formula is C15H11NO5. The molecule has 1 unspecified atom stereocenters. The molecule has 1 aliphatic heterocycles. The Kier molecular flexibility index (Phi) is 2.86. The van der Waals surface area contributed by atoms with Crippen LogP contribution in [0.5, 0.6) is 11.5 Å². The number of carbonyl (C=O) groups is 1. The summed E-state index contributed by atoms with van der Waals surface area (Å²) < 4.78 is 5.56. The number of hydrogen-bond acceptors (Lipinski definition) is 5. The number of hydrogen-bond donors (Lipinski definition) is 1. The minimum Gasteiger partial charge on any atom is -0.508 e. The van der Waals surface area contributed by atoms with Crippen LogP contribution < -0.4 is 4.74 Å². The quantitative estimate of drug-likeness (QED) is 0.676. The largest absolute Gasteiger partial charge is 0.508 e. The van der Waals surface area contributed by atoms with Crippen LogP contribution in [0.3, 0.4) is 0 Å². The summed E-state index contributed by atoms with van der Waals surface area (Å²) in [6.45, 7) is 0. The van der Waals surface area contributed by atoms with Crippen LogP contribution >= 0.6 is 0 Å². The third kappa shape index (κ3) is 2.01. The standard InChI is InChI=1S/C15H11NO5/c17-11-6-7-14-12(8-11)13(18)9-15(21-14,16(19)20)10-4-2-1-3-5-10/h1-8,17H,9H2. The van der Waals surface area contributed by atoms with Crippen LogP contribution in [0.1, 0.15) is 22.3 Å². The van der Waals surface area contributed by atoms with E-state index in [4.69, 9.17) is 4.74 Å². The second kappa shape index (κ2) is 4.59. The van der Waals surface area contributed by atoms with Gasteiger partial charge in [0.15, 0.2) is 5.78 Å². The van der Waals surface area contributed by atoms with Gasteiger partial charge in [-0.1, -0.05) is 18.2 Å². The number of rotatable bonds is 2. The molecule has 1 aliphatic rings. The smallest absolute Gasteiger partial charge is 0.397 e. The fraction of sp³-hybridized carbons (Fsp3) is 0.133. The van der Waals surface area contributed by atoms with E-state index in [1.165, 1.54) is 18.2 Å². The molecular weight excluding hydrogens is 274 g/mol. The zero-order chi connectivity index (χ0) is 15.0. The van der Waals surface area contributed by atoms with Crippen LogP contribution in [0, 0.1) is 10.1 Å². The summed E-state index contributed by atoms with van der Waals surface area (Å²) in [5.41, 5.74) is -1.46. The molecule has 6 heteroatoms. The first-order valence-electron chi connectivity index (χ1n) is 6.28. The van der Waals surface area contributed by atoms with Gasteiger partial charge in [-0.05, 0) is 30.3 Å². The van der Waals surface area contributed by atoms with Gasteiger partial charge in [0.25, 0.3) is 0 Å². The molecule has 2 aromatic carbocycles. The molecule has 0 amide bonds. The van der Waals surface area contributed by atoms with E-state index < -0.39 is 22.9 Å². The van der Waals surface area contributed by atoms with Crippen molar-refractivity contribution < 1.29 is 19.6 Å². The monoisotopic (exact) mass is 285 g/mol. The Balaban J connectivity index is 2.16. The number of nitrogens with zero attached hydrogens (tertiary/aromatic N) is 1. The Bertz CT molecular complexity index is 728. The first-order valence-corrected chi connectivity index (χ1v) is 6.28. The van der Waals surface area contributed by atoms with Gasteiger partial charge in [0.2, 0.25) is 0 Å². The average molecular weight is 285 g/mol. The maximum Gasteiger partial charge on any atom is 0.397 e. The number of benzene rings is 2. The lowest BCUT2D eigenvalue weighted by Gasteiger charge is -2.30. The first-order chi connectivity index (χ1) is 10.0. The highest BCUT2D eigenvalue weighted by molar-refractivity contribution is 6.00. The van der Waals surface area contributed by atoms with Gasteiger partial charge in [-0.2, -0.15) is 0 Å². The van der Waals surface area contributed by atoms with Crippen molar-refractivity contribution in [3.05, 3.63) is 69.8 Å². The minimum absolute atomic E-state index is 0.0842. The average Bonchev–Trinajstić information content (AvgIpc) is 2.48. The van der Waals surface area contributed by atoms with E-state index in [0.29, 0.717) is 5.56 Å². The molecule has 0 fully saturated rings. The van der Waals surface area contributed by atoms with Crippen LogP contribution in [0.25, 0.3) is 0 Å². The molecule has 0 radical (unpaired) electrons. The van der Waals surface area contributed by atoms with E-state index in [0.717, 1.165) is 0 Å². The second-order valence-electron chi connectivity index (χ2n) is 4.79. The highest BCUT2D eigenvalue weighted by Crippen LogP contribution is 2.40. The summed E-state index contributed by atoms with van der Waals surface area (Å²) in [4.78, 5) is 23.2. The highest BCUT2D eigenvalue weighted by atomic mass is 16.7. The Morgan fingerprint density at radius 2 is 1.90 bits per heavy atom. The predicted octanol–water partition coefficient (Wildman–Crippen LogP) is 2.49. The van der Waals surface area contributed by atoms with Gasteiger partial charge in [-0.25, -0.2) is 0 Å². The molecule has 0 saturated carbocycles. The van der Waals surface area contributed by atoms with Crippen molar-refractivity contribution in [2.75, 3.05) is 0 Å². The number of ether oxygens (including phenoxy) is 1. The number of carbonyl (C=O) groups excluding carboxylic acids is 1. The topological polar surface area (TPSA) is 89.7 Å². The Morgan fingerprint density at radius 3 is 2.57 bits per heavy atom. The van der Waals surface area contributed by atoms with E-state index in [1.807, 2.05) is 0 Å². The van der Waals surface area contributed by atoms with E-state index >= 15 is 0 Å². The molecule has 0 bridgehead atoms. The molecule has 0 spiro atoms. The third-order valence-electron chi connectivity index (χ3n) is 3.46. The number of phenolic OH excluding ortho intramolecular Hbond substituents is 1. The summed E-state index contributed by atoms with van der Waals surface area (Å²) in [5.74, 6) is -0.420. The van der Waals surface area contributed by atoms with Crippen molar-refractivity contribution >= 4 is 5.78 Å². The molecule has 0 saturated heterocycles. The molecule has 1 heterocycles. The lowest BCUT2D eigenvalue weighted by Crippen LogP contribution is -2.46. The zero-order valence-electron chi connectivity index (χ0n) is 10.9. The lowest BCUT2D eigenvalue weighted by atomic mass is 9.91. The highest BCUT2D eigenvalue weighted by Gasteiger charge is 2.53. The molecule has 0 aliphatic carbocycles. The molecule has 1 N–H and O–H groups in total. The van der Waals surface area contributed by atoms with Gasteiger partial charge in [-0.3, -0.25) is 14.9 Å². The molecule has 2 aromatic rings. The second-order valence-corrected chi connectivity index (χ2v) is 4.79. The van der Waals surface area contributed by atoms with Crippen LogP contribution in [-0.4, -0.2) is 15.8 Å². The van der Waals surface area contributed by atoms with Gasteiger partial charge in [0.05, 0.1) is 16.1 Å². The lowest BCUT2D eigenvalue weighted by molar-refractivity contribution is -0.626. The van der Waals surface area contributed by atoms with Gasteiger partial charge in [0.1, 0.15) is 17.9 Å². The normalized spacial score (nSPS) is 20.5. The maximum absolute atomic E-state index is 12.2. The van der Waals surface area contributed by atoms with Crippen molar-refractivity contribution in [2.45, 2.75) is 12.1 Å². The number of Topliss-reactive ketones (excluding diaryl/α,β-unsaturated/α-hetero) is 1. The van der Waals surface area contributed by atoms with Gasteiger partial charge >= 0.3 is 5.72 Å². The van der Waals surface area contributed by atoms with Crippen LogP contribution in [0.15, 0.2) is 48.5 Å². The molecule has 106 valence electrons. The fourth-order valence-electron chi connectivity index (χ4n) is 2.42. The Labute approximate surface area is 119 Å². The number of phenols is 1. The van der Waals surface area contributed by atoms with Crippen molar-refractivity contribution in [1.82, 2.24) is 0 Å². The Morgan fingerprint density at radius 1 is 1.19 bits per heavy atom. The van der Waals surface area contributed by atoms with Gasteiger partial charge in [-0.15, -0.1) is 0 Å². The number of fused-ring (bicyclic) bond motifs is 1. The Hall–Kier alpha value is -2.89. The maximum atomic E-state index is 12.2. The van der Waals surface area contributed by atoms with Crippen molar-refractivity contribution in [3.8, 4) is 11.5 Å². The van der Waals surface area contributed by atoms with Crippen LogP contribution in [0.2, 0.25) is 0 Å². The zero-order valence-corrected chi connectivity index (χ0v) is 10.9. The van der Waals surface area contributed by atoms with Gasteiger partial charge in [0, 0.05) is 0 Å². The molecule has 1 atom stereocenters. The van der Waals surface area contributed by atoms with Crippen molar-refractivity contribution in [2.24, 2.45) is 0 Å². The van der Waals surface area contributed by atoms with Gasteiger partial charge < -0.3 is 9.84 Å².